The Balaban J connectivity index is 1.93. The SMILES string of the molecule is FC(F)(F)c1cnc(Oc2cccc3c(OCC=C(Cl)Cl)cccc23)c(Cl)c1. The van der Waals surface area contributed by atoms with Crippen LogP contribution in [0.25, 0.3) is 10.8 Å². The first-order chi connectivity index (χ1) is 13.3. The van der Waals surface area contributed by atoms with Crippen molar-refractivity contribution in [2.45, 2.75) is 6.18 Å². The number of halogens is 6. The lowest BCUT2D eigenvalue weighted by atomic mass is 10.1. The molecule has 0 saturated carbocycles. The summed E-state index contributed by atoms with van der Waals surface area (Å²) < 4.78 is 49.7. The van der Waals surface area contributed by atoms with Gasteiger partial charge in [-0.05, 0) is 24.3 Å². The number of fused-ring (bicyclic) bond motifs is 1. The molecule has 28 heavy (non-hydrogen) atoms. The van der Waals surface area contributed by atoms with Gasteiger partial charge in [0.15, 0.2) is 0 Å². The third-order valence-corrected chi connectivity index (χ3v) is 4.24. The van der Waals surface area contributed by atoms with Crippen LogP contribution >= 0.6 is 34.8 Å². The molecule has 0 atom stereocenters. The van der Waals surface area contributed by atoms with E-state index in [1.807, 2.05) is 6.07 Å². The molecular weight excluding hydrogens is 438 g/mol. The number of aromatic nitrogens is 1. The molecule has 0 spiro atoms. The van der Waals surface area contributed by atoms with Crippen molar-refractivity contribution in [2.75, 3.05) is 6.61 Å². The van der Waals surface area contributed by atoms with Gasteiger partial charge in [0.05, 0.1) is 5.56 Å². The molecule has 3 nitrogen and oxygen atoms in total. The standard InChI is InChI=1S/C19H11Cl3F3NO2/c20-14-9-11(19(23,24)25)10-26-18(14)28-16-6-2-3-12-13(16)4-1-5-15(12)27-8-7-17(21)22/h1-7,9-10H,8H2. The van der Waals surface area contributed by atoms with E-state index in [2.05, 4.69) is 4.98 Å². The Hall–Kier alpha value is -2.15. The molecule has 2 aromatic carbocycles. The second-order valence-electron chi connectivity index (χ2n) is 5.52. The van der Waals surface area contributed by atoms with Gasteiger partial charge in [-0.25, -0.2) is 4.98 Å². The minimum absolute atomic E-state index is 0.0901. The largest absolute Gasteiger partial charge is 0.489 e. The van der Waals surface area contributed by atoms with Crippen molar-refractivity contribution in [3.05, 3.63) is 69.8 Å². The van der Waals surface area contributed by atoms with Crippen molar-refractivity contribution in [2.24, 2.45) is 0 Å². The van der Waals surface area contributed by atoms with Crippen LogP contribution in [0.2, 0.25) is 5.02 Å². The van der Waals surface area contributed by atoms with E-state index in [1.165, 1.54) is 6.08 Å². The minimum Gasteiger partial charge on any atom is -0.489 e. The highest BCUT2D eigenvalue weighted by Gasteiger charge is 2.31. The Kier molecular flexibility index (Phi) is 6.23. The quantitative estimate of drug-likeness (QED) is 0.407. The molecular formula is C19H11Cl3F3NO2. The third kappa shape index (κ3) is 4.82. The number of pyridine rings is 1. The summed E-state index contributed by atoms with van der Waals surface area (Å²) in [6.45, 7) is 0.165. The Labute approximate surface area is 173 Å². The van der Waals surface area contributed by atoms with Crippen molar-refractivity contribution < 1.29 is 22.6 Å². The van der Waals surface area contributed by atoms with Crippen molar-refractivity contribution in [1.82, 2.24) is 4.98 Å². The van der Waals surface area contributed by atoms with Crippen LogP contribution in [-0.2, 0) is 6.18 Å². The molecule has 0 aliphatic rings. The first-order valence-electron chi connectivity index (χ1n) is 7.82. The van der Waals surface area contributed by atoms with Gasteiger partial charge in [0.1, 0.15) is 27.6 Å². The smallest absolute Gasteiger partial charge is 0.417 e. The molecule has 0 aliphatic heterocycles. The lowest BCUT2D eigenvalue weighted by Crippen LogP contribution is -2.05. The predicted molar refractivity (Wildman–Crippen MR) is 104 cm³/mol. The molecule has 1 aromatic heterocycles. The van der Waals surface area contributed by atoms with Crippen LogP contribution in [-0.4, -0.2) is 11.6 Å². The average Bonchev–Trinajstić information content (AvgIpc) is 2.63. The first kappa shape index (κ1) is 20.6. The normalized spacial score (nSPS) is 11.4. The highest BCUT2D eigenvalue weighted by atomic mass is 35.5. The van der Waals surface area contributed by atoms with E-state index in [-0.39, 0.29) is 22.0 Å². The maximum absolute atomic E-state index is 12.8. The van der Waals surface area contributed by atoms with Crippen LogP contribution in [0, 0.1) is 0 Å². The fourth-order valence-electron chi connectivity index (χ4n) is 2.42. The number of alkyl halides is 3. The Morgan fingerprint density at radius 1 is 1.04 bits per heavy atom. The lowest BCUT2D eigenvalue weighted by Gasteiger charge is -2.13. The van der Waals surface area contributed by atoms with Crippen molar-refractivity contribution in [3.63, 3.8) is 0 Å². The summed E-state index contributed by atoms with van der Waals surface area (Å²) in [6, 6.07) is 11.2. The molecule has 0 aliphatic carbocycles. The summed E-state index contributed by atoms with van der Waals surface area (Å²) in [4.78, 5) is 3.70. The third-order valence-electron chi connectivity index (χ3n) is 3.66. The second kappa shape index (κ2) is 8.47. The van der Waals surface area contributed by atoms with Crippen LogP contribution in [0.5, 0.6) is 17.4 Å². The molecule has 0 radical (unpaired) electrons. The number of rotatable bonds is 5. The summed E-state index contributed by atoms with van der Waals surface area (Å²) in [5.41, 5.74) is -0.954. The van der Waals surface area contributed by atoms with E-state index >= 15 is 0 Å². The van der Waals surface area contributed by atoms with Gasteiger partial charge >= 0.3 is 6.18 Å². The van der Waals surface area contributed by atoms with Crippen LogP contribution in [0.15, 0.2) is 59.2 Å². The van der Waals surface area contributed by atoms with Crippen LogP contribution in [0.1, 0.15) is 5.56 Å². The molecule has 0 N–H and O–H groups in total. The van der Waals surface area contributed by atoms with Crippen LogP contribution in [0.3, 0.4) is 0 Å². The van der Waals surface area contributed by atoms with Gasteiger partial charge in [0, 0.05) is 17.0 Å². The number of ether oxygens (including phenoxy) is 2. The van der Waals surface area contributed by atoms with Gasteiger partial charge < -0.3 is 9.47 Å². The molecule has 0 bridgehead atoms. The van der Waals surface area contributed by atoms with Gasteiger partial charge in [-0.1, -0.05) is 59.1 Å². The number of benzene rings is 2. The molecule has 146 valence electrons. The van der Waals surface area contributed by atoms with E-state index in [9.17, 15) is 13.2 Å². The fraction of sp³-hybridized carbons (Fsp3) is 0.105. The second-order valence-corrected chi connectivity index (χ2v) is 6.94. The zero-order valence-electron chi connectivity index (χ0n) is 13.9. The Morgan fingerprint density at radius 2 is 1.68 bits per heavy atom. The zero-order valence-corrected chi connectivity index (χ0v) is 16.2. The fourth-order valence-corrected chi connectivity index (χ4v) is 2.75. The van der Waals surface area contributed by atoms with E-state index in [1.54, 1.807) is 30.3 Å². The molecule has 0 amide bonds. The van der Waals surface area contributed by atoms with E-state index in [0.29, 0.717) is 23.1 Å². The monoisotopic (exact) mass is 447 g/mol. The molecule has 3 rings (SSSR count). The van der Waals surface area contributed by atoms with Crippen molar-refractivity contribution in [3.8, 4) is 17.4 Å². The lowest BCUT2D eigenvalue weighted by molar-refractivity contribution is -0.137. The molecule has 1 heterocycles. The zero-order chi connectivity index (χ0) is 20.3. The highest BCUT2D eigenvalue weighted by Crippen LogP contribution is 2.38. The Bertz CT molecular complexity index is 1030. The minimum atomic E-state index is -4.54. The van der Waals surface area contributed by atoms with Gasteiger partial charge in [0.2, 0.25) is 5.88 Å². The average molecular weight is 449 g/mol. The summed E-state index contributed by atoms with van der Waals surface area (Å²) in [7, 11) is 0. The van der Waals surface area contributed by atoms with Crippen LogP contribution < -0.4 is 9.47 Å². The van der Waals surface area contributed by atoms with Crippen LogP contribution in [0.4, 0.5) is 13.2 Å². The van der Waals surface area contributed by atoms with Gasteiger partial charge in [-0.15, -0.1) is 0 Å². The van der Waals surface area contributed by atoms with Gasteiger partial charge in [0.25, 0.3) is 0 Å². The molecule has 0 saturated heterocycles. The van der Waals surface area contributed by atoms with E-state index < -0.39 is 11.7 Å². The maximum Gasteiger partial charge on any atom is 0.417 e. The topological polar surface area (TPSA) is 31.4 Å². The summed E-state index contributed by atoms with van der Waals surface area (Å²) in [6.07, 6.45) is -2.38. The van der Waals surface area contributed by atoms with E-state index in [4.69, 9.17) is 44.3 Å². The summed E-state index contributed by atoms with van der Waals surface area (Å²) in [5.74, 6) is 0.786. The molecule has 9 heteroatoms. The summed E-state index contributed by atoms with van der Waals surface area (Å²) >= 11 is 17.1. The highest BCUT2D eigenvalue weighted by molar-refractivity contribution is 6.55. The number of nitrogens with zero attached hydrogens (tertiary/aromatic N) is 1. The van der Waals surface area contributed by atoms with Gasteiger partial charge in [-0.3, -0.25) is 0 Å². The van der Waals surface area contributed by atoms with Crippen molar-refractivity contribution in [1.29, 1.82) is 0 Å². The van der Waals surface area contributed by atoms with Gasteiger partial charge in [-0.2, -0.15) is 13.2 Å². The molecule has 3 aromatic rings. The summed E-state index contributed by atoms with van der Waals surface area (Å²) in [5, 5.41) is 1.14. The Morgan fingerprint density at radius 3 is 2.29 bits per heavy atom. The molecule has 0 unspecified atom stereocenters. The predicted octanol–water partition coefficient (Wildman–Crippen LogP) is 7.40. The van der Waals surface area contributed by atoms with Crippen molar-refractivity contribution >= 4 is 45.6 Å². The number of hydrogen-bond donors (Lipinski definition) is 0. The number of hydrogen-bond acceptors (Lipinski definition) is 3. The van der Waals surface area contributed by atoms with E-state index in [0.717, 1.165) is 11.5 Å². The first-order valence-corrected chi connectivity index (χ1v) is 8.95. The molecule has 0 fully saturated rings. The maximum atomic E-state index is 12.8.